The lowest BCUT2D eigenvalue weighted by Gasteiger charge is -2.12. The molecule has 0 radical (unpaired) electrons. The van der Waals surface area contributed by atoms with Crippen molar-refractivity contribution in [3.8, 4) is 0 Å². The van der Waals surface area contributed by atoms with Crippen molar-refractivity contribution in [3.63, 3.8) is 0 Å². The first kappa shape index (κ1) is 12.7. The normalized spacial score (nSPS) is 12.6. The molecule has 26 heavy (non-hydrogen) atoms. The second-order valence-corrected chi connectivity index (χ2v) is 6.85. The lowest BCUT2D eigenvalue weighted by molar-refractivity contribution is 0.619. The summed E-state index contributed by atoms with van der Waals surface area (Å²) in [5, 5.41) is 6.01. The number of furan rings is 1. The van der Waals surface area contributed by atoms with Crippen LogP contribution < -0.4 is 0 Å². The number of aromatic nitrogens is 2. The van der Waals surface area contributed by atoms with Gasteiger partial charge in [-0.25, -0.2) is 4.98 Å². The topological polar surface area (TPSA) is 30.4 Å². The van der Waals surface area contributed by atoms with Crippen LogP contribution in [0.2, 0.25) is 0 Å². The molecule has 0 saturated heterocycles. The smallest absolute Gasteiger partial charge is 0.160 e. The molecule has 0 saturated carbocycles. The van der Waals surface area contributed by atoms with Gasteiger partial charge in [0, 0.05) is 33.0 Å². The number of hydrogen-bond acceptors (Lipinski definition) is 2. The SMILES string of the molecule is c1ccc2c(c1)c1ccc3c4occc4nc4c5ccccc5n2c1c34. The van der Waals surface area contributed by atoms with Crippen molar-refractivity contribution in [3.05, 3.63) is 73.0 Å². The molecule has 3 nitrogen and oxygen atoms in total. The molecule has 3 aromatic carbocycles. The summed E-state index contributed by atoms with van der Waals surface area (Å²) in [5.41, 5.74) is 6.46. The Kier molecular flexibility index (Phi) is 2.03. The molecule has 4 heterocycles. The minimum absolute atomic E-state index is 0.863. The average molecular weight is 332 g/mol. The number of nitrogens with zero attached hydrogens (tertiary/aromatic N) is 2. The first-order valence-corrected chi connectivity index (χ1v) is 8.75. The third-order valence-corrected chi connectivity index (χ3v) is 5.59. The quantitative estimate of drug-likeness (QED) is 0.247. The van der Waals surface area contributed by atoms with Crippen LogP contribution >= 0.6 is 0 Å². The van der Waals surface area contributed by atoms with Crippen LogP contribution in [0, 0.1) is 0 Å². The van der Waals surface area contributed by atoms with E-state index in [1.807, 2.05) is 6.07 Å². The Morgan fingerprint density at radius 2 is 1.42 bits per heavy atom. The van der Waals surface area contributed by atoms with E-state index in [2.05, 4.69) is 65.1 Å². The first-order chi connectivity index (χ1) is 12.9. The monoisotopic (exact) mass is 332 g/mol. The third kappa shape index (κ3) is 1.28. The number of benzene rings is 3. The van der Waals surface area contributed by atoms with Gasteiger partial charge < -0.3 is 8.82 Å². The summed E-state index contributed by atoms with van der Waals surface area (Å²) >= 11 is 0. The van der Waals surface area contributed by atoms with Gasteiger partial charge in [-0.1, -0.05) is 42.5 Å². The zero-order valence-electron chi connectivity index (χ0n) is 13.7. The molecule has 0 aliphatic rings. The van der Waals surface area contributed by atoms with E-state index in [0.29, 0.717) is 0 Å². The third-order valence-electron chi connectivity index (χ3n) is 5.59. The van der Waals surface area contributed by atoms with Gasteiger partial charge in [-0.3, -0.25) is 0 Å². The van der Waals surface area contributed by atoms with Crippen molar-refractivity contribution in [1.82, 2.24) is 9.38 Å². The Balaban J connectivity index is 2.01. The molecule has 0 amide bonds. The Morgan fingerprint density at radius 1 is 0.692 bits per heavy atom. The molecule has 0 N–H and O–H groups in total. The van der Waals surface area contributed by atoms with E-state index in [1.165, 1.54) is 38.1 Å². The minimum atomic E-state index is 0.863. The van der Waals surface area contributed by atoms with Crippen LogP contribution in [0.5, 0.6) is 0 Å². The van der Waals surface area contributed by atoms with Crippen LogP contribution in [0.1, 0.15) is 0 Å². The highest BCUT2D eigenvalue weighted by Gasteiger charge is 2.20. The van der Waals surface area contributed by atoms with E-state index < -0.39 is 0 Å². The fraction of sp³-hybridized carbons (Fsp3) is 0. The molecular weight excluding hydrogens is 320 g/mol. The predicted molar refractivity (Wildman–Crippen MR) is 106 cm³/mol. The predicted octanol–water partition coefficient (Wildman–Crippen LogP) is 6.13. The number of rotatable bonds is 0. The maximum Gasteiger partial charge on any atom is 0.160 e. The minimum Gasteiger partial charge on any atom is -0.462 e. The number of hydrogen-bond donors (Lipinski definition) is 0. The average Bonchev–Trinajstić information content (AvgIpc) is 3.30. The second-order valence-electron chi connectivity index (χ2n) is 6.85. The van der Waals surface area contributed by atoms with Crippen LogP contribution in [0.15, 0.2) is 77.4 Å². The molecule has 0 unspecified atom stereocenters. The summed E-state index contributed by atoms with van der Waals surface area (Å²) in [5.74, 6) is 0. The fourth-order valence-electron chi connectivity index (χ4n) is 4.57. The van der Waals surface area contributed by atoms with E-state index >= 15 is 0 Å². The molecule has 7 rings (SSSR count). The lowest BCUT2D eigenvalue weighted by Crippen LogP contribution is -1.94. The van der Waals surface area contributed by atoms with Gasteiger partial charge in [-0.2, -0.15) is 0 Å². The Labute approximate surface area is 147 Å². The van der Waals surface area contributed by atoms with Crippen LogP contribution in [0.3, 0.4) is 0 Å². The van der Waals surface area contributed by atoms with Crippen LogP contribution in [-0.4, -0.2) is 9.38 Å². The van der Waals surface area contributed by atoms with Crippen molar-refractivity contribution >= 4 is 60.1 Å². The summed E-state index contributed by atoms with van der Waals surface area (Å²) < 4.78 is 8.17. The molecule has 0 aliphatic heterocycles. The van der Waals surface area contributed by atoms with Gasteiger partial charge in [-0.15, -0.1) is 0 Å². The lowest BCUT2D eigenvalue weighted by atomic mass is 10.0. The van der Waals surface area contributed by atoms with Gasteiger partial charge in [0.05, 0.1) is 28.3 Å². The van der Waals surface area contributed by atoms with Gasteiger partial charge in [0.1, 0.15) is 5.52 Å². The van der Waals surface area contributed by atoms with E-state index in [1.54, 1.807) is 6.26 Å². The van der Waals surface area contributed by atoms with E-state index in [0.717, 1.165) is 22.0 Å². The molecule has 0 fully saturated rings. The second kappa shape index (κ2) is 4.14. The van der Waals surface area contributed by atoms with Crippen LogP contribution in [0.4, 0.5) is 0 Å². The number of para-hydroxylation sites is 2. The standard InChI is InChI=1S/C23H12N2O/c1-3-7-18-13(5-1)14-9-10-16-20-21(24-17-11-12-26-23(16)17)15-6-2-4-8-19(15)25(18)22(14)20/h1-12H. The molecular formula is C23H12N2O. The van der Waals surface area contributed by atoms with Crippen molar-refractivity contribution in [2.45, 2.75) is 0 Å². The van der Waals surface area contributed by atoms with Gasteiger partial charge in [0.15, 0.2) is 5.58 Å². The molecule has 0 spiro atoms. The molecule has 4 aromatic heterocycles. The zero-order chi connectivity index (χ0) is 16.8. The number of pyridine rings is 2. The first-order valence-electron chi connectivity index (χ1n) is 8.75. The summed E-state index contributed by atoms with van der Waals surface area (Å²) in [6, 6.07) is 23.5. The molecule has 3 heteroatoms. The van der Waals surface area contributed by atoms with Crippen molar-refractivity contribution in [1.29, 1.82) is 0 Å². The van der Waals surface area contributed by atoms with E-state index in [4.69, 9.17) is 9.40 Å². The largest absolute Gasteiger partial charge is 0.462 e. The molecule has 0 atom stereocenters. The van der Waals surface area contributed by atoms with Gasteiger partial charge in [0.2, 0.25) is 0 Å². The maximum absolute atomic E-state index is 5.79. The highest BCUT2D eigenvalue weighted by Crippen LogP contribution is 2.42. The maximum atomic E-state index is 5.79. The summed E-state index contributed by atoms with van der Waals surface area (Å²) in [6.45, 7) is 0. The molecule has 120 valence electrons. The van der Waals surface area contributed by atoms with E-state index in [9.17, 15) is 0 Å². The summed E-state index contributed by atoms with van der Waals surface area (Å²) in [7, 11) is 0. The van der Waals surface area contributed by atoms with Crippen molar-refractivity contribution < 1.29 is 4.42 Å². The van der Waals surface area contributed by atoms with Gasteiger partial charge >= 0.3 is 0 Å². The van der Waals surface area contributed by atoms with E-state index in [-0.39, 0.29) is 0 Å². The molecule has 7 aromatic rings. The Morgan fingerprint density at radius 3 is 2.31 bits per heavy atom. The van der Waals surface area contributed by atoms with Crippen LogP contribution in [0.25, 0.3) is 60.1 Å². The summed E-state index contributed by atoms with van der Waals surface area (Å²) in [6.07, 6.45) is 1.73. The van der Waals surface area contributed by atoms with Gasteiger partial charge in [0.25, 0.3) is 0 Å². The Hall–Kier alpha value is -3.59. The summed E-state index contributed by atoms with van der Waals surface area (Å²) in [4.78, 5) is 4.98. The molecule has 0 aliphatic carbocycles. The van der Waals surface area contributed by atoms with Gasteiger partial charge in [-0.05, 0) is 18.2 Å². The van der Waals surface area contributed by atoms with Crippen LogP contribution in [-0.2, 0) is 0 Å². The number of fused-ring (bicyclic) bond motifs is 8. The molecule has 0 bridgehead atoms. The highest BCUT2D eigenvalue weighted by molar-refractivity contribution is 6.30. The zero-order valence-corrected chi connectivity index (χ0v) is 13.7. The highest BCUT2D eigenvalue weighted by atomic mass is 16.3. The fourth-order valence-corrected chi connectivity index (χ4v) is 4.57. The van der Waals surface area contributed by atoms with Crippen molar-refractivity contribution in [2.24, 2.45) is 0 Å². The Bertz CT molecular complexity index is 1630. The van der Waals surface area contributed by atoms with Crippen molar-refractivity contribution in [2.75, 3.05) is 0 Å².